The van der Waals surface area contributed by atoms with Crippen LogP contribution in [-0.4, -0.2) is 30.8 Å². The maximum Gasteiger partial charge on any atom is 0.319 e. The number of carbonyl (C=O) groups excluding carboxylic acids is 1. The molecule has 3 N–H and O–H groups in total. The summed E-state index contributed by atoms with van der Waals surface area (Å²) in [5.41, 5.74) is 5.37. The maximum atomic E-state index is 12.4. The van der Waals surface area contributed by atoms with E-state index < -0.39 is 6.10 Å². The Balaban J connectivity index is 1.46. The molecule has 5 nitrogen and oxygen atoms in total. The Kier molecular flexibility index (Phi) is 4.09. The molecular weight excluding hydrogens is 314 g/mol. The molecule has 0 bridgehead atoms. The minimum atomic E-state index is -0.583. The number of nitrogens with zero attached hydrogens (tertiary/aromatic N) is 1. The van der Waals surface area contributed by atoms with Crippen molar-refractivity contribution in [2.45, 2.75) is 31.4 Å². The van der Waals surface area contributed by atoms with Gasteiger partial charge in [0.1, 0.15) is 0 Å². The van der Waals surface area contributed by atoms with Gasteiger partial charge < -0.3 is 20.6 Å². The van der Waals surface area contributed by atoms with Crippen LogP contribution in [0.1, 0.15) is 29.2 Å². The van der Waals surface area contributed by atoms with Gasteiger partial charge in [-0.1, -0.05) is 24.3 Å². The molecule has 2 atom stereocenters. The maximum absolute atomic E-state index is 12.4. The van der Waals surface area contributed by atoms with Gasteiger partial charge in [0.05, 0.1) is 12.1 Å². The van der Waals surface area contributed by atoms with E-state index in [4.69, 9.17) is 0 Å². The van der Waals surface area contributed by atoms with Crippen molar-refractivity contribution < 1.29 is 9.90 Å². The Morgan fingerprint density at radius 1 is 1.20 bits per heavy atom. The number of aryl methyl sites for hydroxylation is 1. The van der Waals surface area contributed by atoms with E-state index in [0.29, 0.717) is 6.42 Å². The third kappa shape index (κ3) is 3.07. The zero-order valence-electron chi connectivity index (χ0n) is 14.3. The second-order valence-corrected chi connectivity index (χ2v) is 6.92. The lowest BCUT2D eigenvalue weighted by Crippen LogP contribution is -2.36. The van der Waals surface area contributed by atoms with Crippen LogP contribution in [-0.2, 0) is 12.8 Å². The smallest absolute Gasteiger partial charge is 0.319 e. The third-order valence-corrected chi connectivity index (χ3v) is 5.18. The predicted molar refractivity (Wildman–Crippen MR) is 99.1 cm³/mol. The molecular formula is C20H23N3O2. The zero-order chi connectivity index (χ0) is 17.4. The van der Waals surface area contributed by atoms with Gasteiger partial charge in [-0.2, -0.15) is 0 Å². The monoisotopic (exact) mass is 337 g/mol. The summed E-state index contributed by atoms with van der Waals surface area (Å²) in [4.78, 5) is 14.7. The van der Waals surface area contributed by atoms with Crippen molar-refractivity contribution in [1.82, 2.24) is 5.32 Å². The second-order valence-electron chi connectivity index (χ2n) is 6.92. The summed E-state index contributed by atoms with van der Waals surface area (Å²) in [5, 5.41) is 16.1. The molecule has 0 saturated carbocycles. The van der Waals surface area contributed by atoms with E-state index >= 15 is 0 Å². The number of hydrogen-bond donors (Lipinski definition) is 3. The standard InChI is InChI=1S/C20H23N3O2/c1-23-10-4-6-14-11-15(8-9-17(14)23)21-20(25)22-19-16-7-3-2-5-13(16)12-18(19)24/h2-3,5,7-9,11,18-19,24H,4,6,10,12H2,1H3,(H2,21,22,25). The van der Waals surface area contributed by atoms with E-state index in [0.717, 1.165) is 36.2 Å². The van der Waals surface area contributed by atoms with Gasteiger partial charge in [-0.05, 0) is 47.7 Å². The van der Waals surface area contributed by atoms with E-state index in [1.54, 1.807) is 0 Å². The van der Waals surface area contributed by atoms with Crippen LogP contribution in [0.2, 0.25) is 0 Å². The Morgan fingerprint density at radius 3 is 2.92 bits per heavy atom. The average Bonchev–Trinajstić information content (AvgIpc) is 2.91. The number of aliphatic hydroxyl groups excluding tert-OH is 1. The van der Waals surface area contributed by atoms with Crippen LogP contribution in [0.15, 0.2) is 42.5 Å². The summed E-state index contributed by atoms with van der Waals surface area (Å²) >= 11 is 0. The van der Waals surface area contributed by atoms with Crippen LogP contribution in [0.3, 0.4) is 0 Å². The van der Waals surface area contributed by atoms with Gasteiger partial charge in [-0.25, -0.2) is 4.79 Å². The Morgan fingerprint density at radius 2 is 2.04 bits per heavy atom. The summed E-state index contributed by atoms with van der Waals surface area (Å²) in [7, 11) is 2.09. The quantitative estimate of drug-likeness (QED) is 0.789. The predicted octanol–water partition coefficient (Wildman–Crippen LogP) is 2.85. The molecule has 0 spiro atoms. The van der Waals surface area contributed by atoms with E-state index in [1.165, 1.54) is 11.3 Å². The van der Waals surface area contributed by atoms with Crippen molar-refractivity contribution in [2.75, 3.05) is 23.8 Å². The fraction of sp³-hybridized carbons (Fsp3) is 0.350. The first-order chi connectivity index (χ1) is 12.1. The van der Waals surface area contributed by atoms with Crippen LogP contribution in [0.5, 0.6) is 0 Å². The molecule has 5 heteroatoms. The number of anilines is 2. The van der Waals surface area contributed by atoms with E-state index in [9.17, 15) is 9.90 Å². The second kappa shape index (κ2) is 6.41. The Bertz CT molecular complexity index is 805. The first kappa shape index (κ1) is 16.0. The number of hydrogen-bond acceptors (Lipinski definition) is 3. The molecule has 1 aliphatic heterocycles. The molecule has 0 saturated heterocycles. The number of fused-ring (bicyclic) bond motifs is 2. The van der Waals surface area contributed by atoms with Gasteiger partial charge in [-0.3, -0.25) is 0 Å². The van der Waals surface area contributed by atoms with Crippen molar-refractivity contribution in [3.63, 3.8) is 0 Å². The molecule has 130 valence electrons. The molecule has 2 aromatic rings. The van der Waals surface area contributed by atoms with Gasteiger partial charge >= 0.3 is 6.03 Å². The molecule has 0 radical (unpaired) electrons. The first-order valence-corrected chi connectivity index (χ1v) is 8.79. The van der Waals surface area contributed by atoms with Crippen molar-refractivity contribution in [1.29, 1.82) is 0 Å². The molecule has 4 rings (SSSR count). The van der Waals surface area contributed by atoms with Gasteiger partial charge in [-0.15, -0.1) is 0 Å². The molecule has 25 heavy (non-hydrogen) atoms. The molecule has 2 unspecified atom stereocenters. The minimum Gasteiger partial charge on any atom is -0.390 e. The average molecular weight is 337 g/mol. The lowest BCUT2D eigenvalue weighted by molar-refractivity contribution is 0.144. The molecule has 2 aliphatic rings. The summed E-state index contributed by atoms with van der Waals surface area (Å²) in [6.45, 7) is 1.07. The van der Waals surface area contributed by atoms with Crippen LogP contribution in [0, 0.1) is 0 Å². The number of urea groups is 1. The van der Waals surface area contributed by atoms with Crippen molar-refractivity contribution in [3.05, 3.63) is 59.2 Å². The summed E-state index contributed by atoms with van der Waals surface area (Å²) < 4.78 is 0. The fourth-order valence-electron chi connectivity index (χ4n) is 3.92. The molecule has 2 aromatic carbocycles. The van der Waals surface area contributed by atoms with E-state index in [2.05, 4.69) is 28.6 Å². The van der Waals surface area contributed by atoms with Gasteiger partial charge in [0.2, 0.25) is 0 Å². The number of rotatable bonds is 2. The van der Waals surface area contributed by atoms with Crippen LogP contribution in [0.4, 0.5) is 16.2 Å². The Hall–Kier alpha value is -2.53. The van der Waals surface area contributed by atoms with Crippen LogP contribution >= 0.6 is 0 Å². The topological polar surface area (TPSA) is 64.6 Å². The molecule has 2 amide bonds. The van der Waals surface area contributed by atoms with Crippen LogP contribution < -0.4 is 15.5 Å². The number of carbonyl (C=O) groups is 1. The van der Waals surface area contributed by atoms with Gasteiger partial charge in [0.25, 0.3) is 0 Å². The first-order valence-electron chi connectivity index (χ1n) is 8.79. The molecule has 0 fully saturated rings. The highest BCUT2D eigenvalue weighted by atomic mass is 16.3. The lowest BCUT2D eigenvalue weighted by atomic mass is 10.0. The highest BCUT2D eigenvalue weighted by Crippen LogP contribution is 2.32. The lowest BCUT2D eigenvalue weighted by Gasteiger charge is -2.28. The number of aliphatic hydroxyl groups is 1. The molecule has 1 heterocycles. The van der Waals surface area contributed by atoms with Crippen molar-refractivity contribution in [3.8, 4) is 0 Å². The normalized spacial score (nSPS) is 21.4. The third-order valence-electron chi connectivity index (χ3n) is 5.18. The van der Waals surface area contributed by atoms with E-state index in [1.807, 2.05) is 36.4 Å². The SMILES string of the molecule is CN1CCCc2cc(NC(=O)NC3c4ccccc4CC3O)ccc21. The van der Waals surface area contributed by atoms with Crippen LogP contribution in [0.25, 0.3) is 0 Å². The van der Waals surface area contributed by atoms with Crippen molar-refractivity contribution >= 4 is 17.4 Å². The number of benzene rings is 2. The largest absolute Gasteiger partial charge is 0.390 e. The van der Waals surface area contributed by atoms with Gasteiger partial charge in [0, 0.05) is 31.4 Å². The van der Waals surface area contributed by atoms with Crippen molar-refractivity contribution in [2.24, 2.45) is 0 Å². The number of amides is 2. The summed E-state index contributed by atoms with van der Waals surface area (Å²) in [6.07, 6.45) is 2.16. The highest BCUT2D eigenvalue weighted by Gasteiger charge is 2.31. The minimum absolute atomic E-state index is 0.287. The summed E-state index contributed by atoms with van der Waals surface area (Å²) in [6, 6.07) is 13.2. The molecule has 0 aromatic heterocycles. The fourth-order valence-corrected chi connectivity index (χ4v) is 3.92. The summed E-state index contributed by atoms with van der Waals surface area (Å²) in [5.74, 6) is 0. The zero-order valence-corrected chi connectivity index (χ0v) is 14.3. The Labute approximate surface area is 147 Å². The van der Waals surface area contributed by atoms with Gasteiger partial charge in [0.15, 0.2) is 0 Å². The highest BCUT2D eigenvalue weighted by molar-refractivity contribution is 5.90. The number of nitrogens with one attached hydrogen (secondary N) is 2. The molecule has 1 aliphatic carbocycles. The van der Waals surface area contributed by atoms with E-state index in [-0.39, 0.29) is 12.1 Å².